The molecule has 0 atom stereocenters. The summed E-state index contributed by atoms with van der Waals surface area (Å²) in [6, 6.07) is 10.2. The SMILES string of the molecule is CC(C)N(Cc1ccccc1)c1nc(Cl)c(C(=O)O)s1. The van der Waals surface area contributed by atoms with E-state index in [4.69, 9.17) is 16.7 Å². The summed E-state index contributed by atoms with van der Waals surface area (Å²) >= 11 is 6.99. The molecule has 20 heavy (non-hydrogen) atoms. The summed E-state index contributed by atoms with van der Waals surface area (Å²) in [7, 11) is 0. The number of hydrogen-bond donors (Lipinski definition) is 1. The molecule has 4 nitrogen and oxygen atoms in total. The van der Waals surface area contributed by atoms with Crippen LogP contribution in [0.4, 0.5) is 5.13 Å². The Kier molecular flexibility index (Phi) is 4.62. The summed E-state index contributed by atoms with van der Waals surface area (Å²) in [5.74, 6) is -1.04. The first-order valence-corrected chi connectivity index (χ1v) is 7.38. The highest BCUT2D eigenvalue weighted by Crippen LogP contribution is 2.31. The molecule has 1 N–H and O–H groups in total. The van der Waals surface area contributed by atoms with E-state index in [0.717, 1.165) is 16.9 Å². The van der Waals surface area contributed by atoms with Crippen molar-refractivity contribution in [3.63, 3.8) is 0 Å². The second-order valence-electron chi connectivity index (χ2n) is 4.63. The maximum Gasteiger partial charge on any atom is 0.349 e. The van der Waals surface area contributed by atoms with Gasteiger partial charge in [0.2, 0.25) is 0 Å². The Bertz CT molecular complexity index is 598. The van der Waals surface area contributed by atoms with E-state index in [1.165, 1.54) is 0 Å². The molecule has 0 bridgehead atoms. The molecule has 0 radical (unpaired) electrons. The molecule has 0 aliphatic carbocycles. The largest absolute Gasteiger partial charge is 0.477 e. The quantitative estimate of drug-likeness (QED) is 0.909. The average Bonchev–Trinajstić information content (AvgIpc) is 2.79. The van der Waals surface area contributed by atoms with Gasteiger partial charge in [0.15, 0.2) is 15.2 Å². The summed E-state index contributed by atoms with van der Waals surface area (Å²) in [6.45, 7) is 4.75. The normalized spacial score (nSPS) is 10.8. The van der Waals surface area contributed by atoms with E-state index in [9.17, 15) is 4.79 Å². The van der Waals surface area contributed by atoms with E-state index in [2.05, 4.69) is 4.98 Å². The lowest BCUT2D eigenvalue weighted by Gasteiger charge is -2.26. The van der Waals surface area contributed by atoms with Crippen LogP contribution < -0.4 is 4.90 Å². The van der Waals surface area contributed by atoms with Gasteiger partial charge >= 0.3 is 5.97 Å². The van der Waals surface area contributed by atoms with Crippen molar-refractivity contribution >= 4 is 34.0 Å². The zero-order valence-corrected chi connectivity index (χ0v) is 12.8. The van der Waals surface area contributed by atoms with Crippen LogP contribution in [0.25, 0.3) is 0 Å². The topological polar surface area (TPSA) is 53.4 Å². The molecule has 1 heterocycles. The smallest absolute Gasteiger partial charge is 0.349 e. The fourth-order valence-electron chi connectivity index (χ4n) is 1.80. The zero-order chi connectivity index (χ0) is 14.7. The van der Waals surface area contributed by atoms with Gasteiger partial charge in [-0.2, -0.15) is 0 Å². The van der Waals surface area contributed by atoms with E-state index in [-0.39, 0.29) is 16.1 Å². The van der Waals surface area contributed by atoms with Crippen LogP contribution in [0.1, 0.15) is 29.1 Å². The van der Waals surface area contributed by atoms with Crippen molar-refractivity contribution in [2.45, 2.75) is 26.4 Å². The summed E-state index contributed by atoms with van der Waals surface area (Å²) < 4.78 is 0. The summed E-state index contributed by atoms with van der Waals surface area (Å²) in [5, 5.41) is 9.74. The van der Waals surface area contributed by atoms with Crippen LogP contribution in [0, 0.1) is 0 Å². The van der Waals surface area contributed by atoms with E-state index in [0.29, 0.717) is 11.7 Å². The highest BCUT2D eigenvalue weighted by molar-refractivity contribution is 7.18. The number of thiazole rings is 1. The second-order valence-corrected chi connectivity index (χ2v) is 5.96. The Morgan fingerprint density at radius 2 is 2.05 bits per heavy atom. The molecule has 2 rings (SSSR count). The maximum atomic E-state index is 11.1. The fourth-order valence-corrected chi connectivity index (χ4v) is 3.05. The molecule has 0 aliphatic heterocycles. The van der Waals surface area contributed by atoms with Gasteiger partial charge in [0.25, 0.3) is 0 Å². The standard InChI is InChI=1S/C14H15ClN2O2S/c1-9(2)17(8-10-6-4-3-5-7-10)14-16-12(15)11(20-14)13(18)19/h3-7,9H,8H2,1-2H3,(H,18,19). The number of carbonyl (C=O) groups is 1. The lowest BCUT2D eigenvalue weighted by molar-refractivity contribution is 0.0702. The van der Waals surface area contributed by atoms with Crippen molar-refractivity contribution in [1.82, 2.24) is 4.98 Å². The number of aromatic carboxylic acids is 1. The Balaban J connectivity index is 2.29. The van der Waals surface area contributed by atoms with Crippen LogP contribution >= 0.6 is 22.9 Å². The first kappa shape index (κ1) is 14.8. The number of rotatable bonds is 5. The summed E-state index contributed by atoms with van der Waals surface area (Å²) in [5.41, 5.74) is 1.14. The summed E-state index contributed by atoms with van der Waals surface area (Å²) in [4.78, 5) is 17.4. The Morgan fingerprint density at radius 3 is 2.55 bits per heavy atom. The monoisotopic (exact) mass is 310 g/mol. The zero-order valence-electron chi connectivity index (χ0n) is 11.2. The first-order chi connectivity index (χ1) is 9.49. The predicted octanol–water partition coefficient (Wildman–Crippen LogP) is 3.91. The third-order valence-electron chi connectivity index (χ3n) is 2.83. The molecule has 2 aromatic rings. The molecule has 6 heteroatoms. The van der Waals surface area contributed by atoms with Crippen molar-refractivity contribution in [1.29, 1.82) is 0 Å². The number of carboxylic acids is 1. The lowest BCUT2D eigenvalue weighted by Crippen LogP contribution is -2.29. The van der Waals surface area contributed by atoms with E-state index >= 15 is 0 Å². The Morgan fingerprint density at radius 1 is 1.40 bits per heavy atom. The van der Waals surface area contributed by atoms with Crippen molar-refractivity contribution in [3.8, 4) is 0 Å². The van der Waals surface area contributed by atoms with Crippen molar-refractivity contribution in [3.05, 3.63) is 45.9 Å². The van der Waals surface area contributed by atoms with Crippen LogP contribution in [0.3, 0.4) is 0 Å². The van der Waals surface area contributed by atoms with Gasteiger partial charge in [-0.15, -0.1) is 0 Å². The highest BCUT2D eigenvalue weighted by Gasteiger charge is 2.21. The van der Waals surface area contributed by atoms with Crippen molar-refractivity contribution in [2.75, 3.05) is 4.90 Å². The van der Waals surface area contributed by atoms with Gasteiger partial charge in [0.1, 0.15) is 0 Å². The Labute approximate surface area is 126 Å². The number of anilines is 1. The maximum absolute atomic E-state index is 11.1. The molecule has 1 aromatic heterocycles. The lowest BCUT2D eigenvalue weighted by atomic mass is 10.2. The van der Waals surface area contributed by atoms with Crippen LogP contribution in [-0.2, 0) is 6.54 Å². The molecule has 0 aliphatic rings. The van der Waals surface area contributed by atoms with E-state index < -0.39 is 5.97 Å². The van der Waals surface area contributed by atoms with Gasteiger partial charge in [-0.05, 0) is 19.4 Å². The molecular weight excluding hydrogens is 296 g/mol. The van der Waals surface area contributed by atoms with Gasteiger partial charge in [-0.3, -0.25) is 0 Å². The molecule has 0 amide bonds. The molecule has 1 aromatic carbocycles. The van der Waals surface area contributed by atoms with Crippen LogP contribution in [-0.4, -0.2) is 22.1 Å². The molecule has 0 saturated heterocycles. The molecule has 0 saturated carbocycles. The number of nitrogens with zero attached hydrogens (tertiary/aromatic N) is 2. The molecular formula is C14H15ClN2O2S. The Hall–Kier alpha value is -1.59. The number of benzene rings is 1. The van der Waals surface area contributed by atoms with Crippen molar-refractivity contribution in [2.24, 2.45) is 0 Å². The third-order valence-corrected chi connectivity index (χ3v) is 4.30. The van der Waals surface area contributed by atoms with Gasteiger partial charge in [-0.1, -0.05) is 53.3 Å². The highest BCUT2D eigenvalue weighted by atomic mass is 35.5. The predicted molar refractivity (Wildman–Crippen MR) is 81.8 cm³/mol. The number of aromatic nitrogens is 1. The molecule has 0 spiro atoms. The minimum absolute atomic E-state index is 0.0520. The first-order valence-electron chi connectivity index (χ1n) is 6.19. The van der Waals surface area contributed by atoms with Crippen LogP contribution in [0.2, 0.25) is 5.15 Å². The summed E-state index contributed by atoms with van der Waals surface area (Å²) in [6.07, 6.45) is 0. The number of carboxylic acid groups (broad SMARTS) is 1. The second kappa shape index (κ2) is 6.24. The van der Waals surface area contributed by atoms with Crippen molar-refractivity contribution < 1.29 is 9.90 Å². The third kappa shape index (κ3) is 3.29. The molecule has 0 fully saturated rings. The minimum Gasteiger partial charge on any atom is -0.477 e. The molecule has 106 valence electrons. The van der Waals surface area contributed by atoms with Crippen LogP contribution in [0.5, 0.6) is 0 Å². The number of halogens is 1. The average molecular weight is 311 g/mol. The molecule has 0 unspecified atom stereocenters. The van der Waals surface area contributed by atoms with Crippen LogP contribution in [0.15, 0.2) is 30.3 Å². The van der Waals surface area contributed by atoms with Gasteiger partial charge in [0, 0.05) is 12.6 Å². The van der Waals surface area contributed by atoms with Gasteiger partial charge in [-0.25, -0.2) is 9.78 Å². The minimum atomic E-state index is -1.04. The van der Waals surface area contributed by atoms with Gasteiger partial charge in [0.05, 0.1) is 0 Å². The van der Waals surface area contributed by atoms with E-state index in [1.54, 1.807) is 0 Å². The van der Waals surface area contributed by atoms with E-state index in [1.807, 2.05) is 49.1 Å². The number of hydrogen-bond acceptors (Lipinski definition) is 4. The fraction of sp³-hybridized carbons (Fsp3) is 0.286. The van der Waals surface area contributed by atoms with Gasteiger partial charge < -0.3 is 10.0 Å².